The van der Waals surface area contributed by atoms with Gasteiger partial charge in [-0.2, -0.15) is 0 Å². The second-order valence-corrected chi connectivity index (χ2v) is 9.93. The molecule has 1 N–H and O–H groups in total. The molecule has 4 heterocycles. The number of rotatable bonds is 6. The summed E-state index contributed by atoms with van der Waals surface area (Å²) in [6.07, 6.45) is 3.50. The van der Waals surface area contributed by atoms with Crippen molar-refractivity contribution in [3.8, 4) is 28.5 Å². The fourth-order valence-corrected chi connectivity index (χ4v) is 5.41. The van der Waals surface area contributed by atoms with Crippen molar-refractivity contribution >= 4 is 45.1 Å². The van der Waals surface area contributed by atoms with Crippen molar-refractivity contribution in [3.63, 3.8) is 0 Å². The van der Waals surface area contributed by atoms with Crippen LogP contribution in [-0.2, 0) is 0 Å². The number of hydrogen-bond donors (Lipinski definition) is 1. The van der Waals surface area contributed by atoms with E-state index in [1.54, 1.807) is 31.3 Å². The number of benzene rings is 3. The van der Waals surface area contributed by atoms with Crippen LogP contribution < -0.4 is 19.5 Å². The van der Waals surface area contributed by atoms with Gasteiger partial charge in [0.25, 0.3) is 0 Å². The van der Waals surface area contributed by atoms with Gasteiger partial charge in [0.15, 0.2) is 17.3 Å². The van der Waals surface area contributed by atoms with E-state index in [1.807, 2.05) is 60.7 Å². The normalized spacial score (nSPS) is 12.1. The van der Waals surface area contributed by atoms with E-state index in [4.69, 9.17) is 14.2 Å². The molecule has 3 aromatic carbocycles. The molecule has 0 radical (unpaired) electrons. The SMILES string of the molecule is COc1cnc2c(Sc3ccc(Nc4nnc(-c5ccc6c(c5)OCO6)c5ccccc45)cc3)ccnc2c1. The number of methoxy groups -OCH3 is 1. The maximum absolute atomic E-state index is 5.56. The zero-order chi connectivity index (χ0) is 26.2. The summed E-state index contributed by atoms with van der Waals surface area (Å²) in [6, 6.07) is 26.0. The van der Waals surface area contributed by atoms with Crippen LogP contribution >= 0.6 is 11.8 Å². The molecule has 1 aliphatic heterocycles. The first-order chi connectivity index (χ1) is 19.2. The molecule has 0 spiro atoms. The highest BCUT2D eigenvalue weighted by Gasteiger charge is 2.17. The van der Waals surface area contributed by atoms with Crippen LogP contribution in [0, 0.1) is 0 Å². The van der Waals surface area contributed by atoms with Crippen LogP contribution in [0.1, 0.15) is 0 Å². The Labute approximate surface area is 228 Å². The Bertz CT molecular complexity index is 1850. The molecule has 9 heteroatoms. The van der Waals surface area contributed by atoms with Gasteiger partial charge < -0.3 is 19.5 Å². The van der Waals surface area contributed by atoms with Gasteiger partial charge in [-0.25, -0.2) is 4.98 Å². The molecule has 0 fully saturated rings. The number of hydrogen-bond acceptors (Lipinski definition) is 9. The number of nitrogens with zero attached hydrogens (tertiary/aromatic N) is 4. The monoisotopic (exact) mass is 531 g/mol. The molecular weight excluding hydrogens is 510 g/mol. The third kappa shape index (κ3) is 4.42. The highest BCUT2D eigenvalue weighted by molar-refractivity contribution is 7.99. The van der Waals surface area contributed by atoms with Crippen LogP contribution in [-0.4, -0.2) is 34.1 Å². The van der Waals surface area contributed by atoms with E-state index in [9.17, 15) is 0 Å². The van der Waals surface area contributed by atoms with Gasteiger partial charge in [0.05, 0.1) is 18.8 Å². The first kappa shape index (κ1) is 23.2. The molecule has 190 valence electrons. The second-order valence-electron chi connectivity index (χ2n) is 8.81. The molecule has 1 aliphatic rings. The Morgan fingerprint density at radius 3 is 2.56 bits per heavy atom. The smallest absolute Gasteiger partial charge is 0.231 e. The molecule has 3 aromatic heterocycles. The van der Waals surface area contributed by atoms with Crippen LogP contribution in [0.3, 0.4) is 0 Å². The first-order valence-electron chi connectivity index (χ1n) is 12.2. The van der Waals surface area contributed by atoms with E-state index >= 15 is 0 Å². The topological polar surface area (TPSA) is 91.3 Å². The molecular formula is C30H21N5O3S. The second kappa shape index (κ2) is 9.77. The largest absolute Gasteiger partial charge is 0.495 e. The quantitative estimate of drug-likeness (QED) is 0.247. The van der Waals surface area contributed by atoms with Crippen LogP contribution in [0.4, 0.5) is 11.5 Å². The molecule has 39 heavy (non-hydrogen) atoms. The summed E-state index contributed by atoms with van der Waals surface area (Å²) < 4.78 is 16.3. The molecule has 0 bridgehead atoms. The average molecular weight is 532 g/mol. The van der Waals surface area contributed by atoms with Crippen LogP contribution in [0.5, 0.6) is 17.2 Å². The highest BCUT2D eigenvalue weighted by Crippen LogP contribution is 2.38. The minimum Gasteiger partial charge on any atom is -0.495 e. The number of anilines is 2. The summed E-state index contributed by atoms with van der Waals surface area (Å²) in [4.78, 5) is 11.1. The van der Waals surface area contributed by atoms with Crippen LogP contribution in [0.2, 0.25) is 0 Å². The molecule has 0 saturated carbocycles. The van der Waals surface area contributed by atoms with E-state index in [0.29, 0.717) is 17.3 Å². The zero-order valence-electron chi connectivity index (χ0n) is 20.8. The van der Waals surface area contributed by atoms with Crippen molar-refractivity contribution in [1.29, 1.82) is 0 Å². The van der Waals surface area contributed by atoms with Gasteiger partial charge in [-0.3, -0.25) is 4.98 Å². The zero-order valence-corrected chi connectivity index (χ0v) is 21.6. The molecule has 0 unspecified atom stereocenters. The molecule has 8 nitrogen and oxygen atoms in total. The fourth-order valence-electron chi connectivity index (χ4n) is 4.50. The predicted octanol–water partition coefficient (Wildman–Crippen LogP) is 6.87. The standard InChI is InChI=1S/C30H21N5O3S/c1-36-20-15-24-29(32-16-20)27(12-13-31-24)39-21-9-7-19(8-10-21)33-30-23-5-3-2-4-22(23)28(34-35-30)18-6-11-25-26(14-18)38-17-37-25/h2-16H,17H2,1H3,(H,33,35). The van der Waals surface area contributed by atoms with Gasteiger partial charge in [-0.1, -0.05) is 36.0 Å². The molecule has 6 aromatic rings. The number of aromatic nitrogens is 4. The summed E-state index contributed by atoms with van der Waals surface area (Å²) in [5.74, 6) is 2.83. The van der Waals surface area contributed by atoms with E-state index in [-0.39, 0.29) is 6.79 Å². The Kier molecular flexibility index (Phi) is 5.82. The Balaban J connectivity index is 1.15. The minimum atomic E-state index is 0.233. The molecule has 0 aliphatic carbocycles. The summed E-state index contributed by atoms with van der Waals surface area (Å²) >= 11 is 1.64. The average Bonchev–Trinajstić information content (AvgIpc) is 3.46. The Morgan fingerprint density at radius 2 is 1.69 bits per heavy atom. The maximum atomic E-state index is 5.56. The van der Waals surface area contributed by atoms with Gasteiger partial charge in [-0.15, -0.1) is 10.2 Å². The third-order valence-electron chi connectivity index (χ3n) is 6.43. The number of nitrogens with one attached hydrogen (secondary N) is 1. The Hall–Kier alpha value is -4.89. The van der Waals surface area contributed by atoms with Crippen molar-refractivity contribution in [3.05, 3.63) is 91.3 Å². The van der Waals surface area contributed by atoms with Gasteiger partial charge in [0, 0.05) is 44.1 Å². The fraction of sp³-hybridized carbons (Fsp3) is 0.0667. The molecule has 0 saturated heterocycles. The van der Waals surface area contributed by atoms with E-state index in [0.717, 1.165) is 54.3 Å². The van der Waals surface area contributed by atoms with Crippen molar-refractivity contribution in [1.82, 2.24) is 20.2 Å². The highest BCUT2D eigenvalue weighted by atomic mass is 32.2. The van der Waals surface area contributed by atoms with E-state index in [2.05, 4.69) is 43.7 Å². The first-order valence-corrected chi connectivity index (χ1v) is 13.1. The van der Waals surface area contributed by atoms with Gasteiger partial charge in [-0.05, 0) is 48.5 Å². The molecule has 7 rings (SSSR count). The van der Waals surface area contributed by atoms with Crippen LogP contribution in [0.25, 0.3) is 33.1 Å². The van der Waals surface area contributed by atoms with E-state index in [1.165, 1.54) is 0 Å². The lowest BCUT2D eigenvalue weighted by Gasteiger charge is -2.12. The number of pyridine rings is 2. The number of fused-ring (bicyclic) bond motifs is 3. The van der Waals surface area contributed by atoms with Crippen molar-refractivity contribution < 1.29 is 14.2 Å². The minimum absolute atomic E-state index is 0.233. The van der Waals surface area contributed by atoms with Crippen molar-refractivity contribution in [2.75, 3.05) is 19.2 Å². The predicted molar refractivity (Wildman–Crippen MR) is 151 cm³/mol. The summed E-state index contributed by atoms with van der Waals surface area (Å²) in [5, 5.41) is 14.5. The lowest BCUT2D eigenvalue weighted by Crippen LogP contribution is -1.99. The summed E-state index contributed by atoms with van der Waals surface area (Å²) in [5.41, 5.74) is 4.27. The van der Waals surface area contributed by atoms with Crippen molar-refractivity contribution in [2.24, 2.45) is 0 Å². The van der Waals surface area contributed by atoms with E-state index < -0.39 is 0 Å². The lowest BCUT2D eigenvalue weighted by atomic mass is 10.0. The Morgan fingerprint density at radius 1 is 0.846 bits per heavy atom. The summed E-state index contributed by atoms with van der Waals surface area (Å²) in [7, 11) is 1.62. The molecule has 0 amide bonds. The number of ether oxygens (including phenoxy) is 3. The van der Waals surface area contributed by atoms with Crippen molar-refractivity contribution in [2.45, 2.75) is 9.79 Å². The van der Waals surface area contributed by atoms with Gasteiger partial charge in [0.1, 0.15) is 17.0 Å². The molecule has 0 atom stereocenters. The lowest BCUT2D eigenvalue weighted by molar-refractivity contribution is 0.174. The van der Waals surface area contributed by atoms with Gasteiger partial charge in [0.2, 0.25) is 6.79 Å². The third-order valence-corrected chi connectivity index (χ3v) is 7.49. The maximum Gasteiger partial charge on any atom is 0.231 e. The van der Waals surface area contributed by atoms with Gasteiger partial charge >= 0.3 is 0 Å². The van der Waals surface area contributed by atoms with Crippen LogP contribution in [0.15, 0.2) is 101 Å². The summed E-state index contributed by atoms with van der Waals surface area (Å²) in [6.45, 7) is 0.233.